The van der Waals surface area contributed by atoms with E-state index in [9.17, 15) is 0 Å². The summed E-state index contributed by atoms with van der Waals surface area (Å²) in [5.41, 5.74) is 5.94. The molecule has 23 heavy (non-hydrogen) atoms. The number of aromatic nitrogens is 2. The molecule has 0 saturated heterocycles. The maximum atomic E-state index is 5.77. The van der Waals surface area contributed by atoms with E-state index in [2.05, 4.69) is 23.8 Å². The standard InChI is InChI=1S/C19H18N2O2/c1-12-6-8-16-14(10-12)20-18(22-16)4-3-5-19-21-15-11-13(2)7-9-17(15)23-19/h6-11H,3-5H2,1-2H3. The van der Waals surface area contributed by atoms with Crippen molar-refractivity contribution in [1.29, 1.82) is 0 Å². The maximum absolute atomic E-state index is 5.77. The fourth-order valence-corrected chi connectivity index (χ4v) is 2.78. The molecule has 0 amide bonds. The lowest BCUT2D eigenvalue weighted by molar-refractivity contribution is 0.489. The Hall–Kier alpha value is -2.62. The molecule has 4 heteroatoms. The molecule has 2 aromatic carbocycles. The van der Waals surface area contributed by atoms with Gasteiger partial charge >= 0.3 is 0 Å². The average molecular weight is 306 g/mol. The van der Waals surface area contributed by atoms with E-state index in [1.54, 1.807) is 0 Å². The predicted molar refractivity (Wildman–Crippen MR) is 89.5 cm³/mol. The van der Waals surface area contributed by atoms with Crippen molar-refractivity contribution in [2.45, 2.75) is 33.1 Å². The van der Waals surface area contributed by atoms with Gasteiger partial charge in [0, 0.05) is 12.8 Å². The SMILES string of the molecule is Cc1ccc2oc(CCCc3nc4cc(C)ccc4o3)nc2c1. The highest BCUT2D eigenvalue weighted by molar-refractivity contribution is 5.74. The lowest BCUT2D eigenvalue weighted by atomic mass is 10.2. The summed E-state index contributed by atoms with van der Waals surface area (Å²) in [4.78, 5) is 9.08. The van der Waals surface area contributed by atoms with Gasteiger partial charge in [-0.15, -0.1) is 0 Å². The van der Waals surface area contributed by atoms with E-state index in [-0.39, 0.29) is 0 Å². The minimum Gasteiger partial charge on any atom is -0.441 e. The molecule has 0 N–H and O–H groups in total. The van der Waals surface area contributed by atoms with Crippen LogP contribution in [0.3, 0.4) is 0 Å². The van der Waals surface area contributed by atoms with E-state index in [1.807, 2.05) is 36.4 Å². The molecule has 0 aliphatic heterocycles. The molecule has 0 bridgehead atoms. The van der Waals surface area contributed by atoms with E-state index < -0.39 is 0 Å². The zero-order valence-electron chi connectivity index (χ0n) is 13.3. The lowest BCUT2D eigenvalue weighted by Gasteiger charge is -1.93. The van der Waals surface area contributed by atoms with Crippen molar-refractivity contribution >= 4 is 22.2 Å². The highest BCUT2D eigenvalue weighted by atomic mass is 16.4. The average Bonchev–Trinajstić information content (AvgIpc) is 3.09. The van der Waals surface area contributed by atoms with Crippen LogP contribution in [0.4, 0.5) is 0 Å². The lowest BCUT2D eigenvalue weighted by Crippen LogP contribution is -1.90. The number of oxazole rings is 2. The van der Waals surface area contributed by atoms with Gasteiger partial charge in [-0.25, -0.2) is 9.97 Å². The summed E-state index contributed by atoms with van der Waals surface area (Å²) in [6.07, 6.45) is 2.47. The molecule has 0 fully saturated rings. The van der Waals surface area contributed by atoms with Crippen molar-refractivity contribution in [2.75, 3.05) is 0 Å². The van der Waals surface area contributed by atoms with Crippen LogP contribution in [-0.2, 0) is 12.8 Å². The zero-order valence-corrected chi connectivity index (χ0v) is 13.3. The van der Waals surface area contributed by atoms with E-state index in [0.717, 1.165) is 53.2 Å². The number of nitrogens with zero attached hydrogens (tertiary/aromatic N) is 2. The predicted octanol–water partition coefficient (Wildman–Crippen LogP) is 4.76. The van der Waals surface area contributed by atoms with E-state index >= 15 is 0 Å². The fraction of sp³-hybridized carbons (Fsp3) is 0.263. The monoisotopic (exact) mass is 306 g/mol. The number of benzene rings is 2. The summed E-state index contributed by atoms with van der Waals surface area (Å²) in [7, 11) is 0. The topological polar surface area (TPSA) is 52.1 Å². The van der Waals surface area contributed by atoms with E-state index in [0.29, 0.717) is 0 Å². The van der Waals surface area contributed by atoms with Gasteiger partial charge < -0.3 is 8.83 Å². The largest absolute Gasteiger partial charge is 0.441 e. The second-order valence-corrected chi connectivity index (χ2v) is 6.01. The summed E-state index contributed by atoms with van der Waals surface area (Å²) in [6.45, 7) is 4.12. The Labute approximate surface area is 134 Å². The fourth-order valence-electron chi connectivity index (χ4n) is 2.78. The Morgan fingerprint density at radius 3 is 1.70 bits per heavy atom. The molecule has 4 aromatic rings. The van der Waals surface area contributed by atoms with Crippen LogP contribution >= 0.6 is 0 Å². The van der Waals surface area contributed by atoms with Crippen LogP contribution in [-0.4, -0.2) is 9.97 Å². The number of aryl methyl sites for hydroxylation is 4. The van der Waals surface area contributed by atoms with Crippen molar-refractivity contribution in [3.63, 3.8) is 0 Å². The summed E-state index contributed by atoms with van der Waals surface area (Å²) >= 11 is 0. The number of fused-ring (bicyclic) bond motifs is 2. The van der Waals surface area contributed by atoms with Crippen molar-refractivity contribution in [3.05, 3.63) is 59.3 Å². The minimum absolute atomic E-state index is 0.776. The van der Waals surface area contributed by atoms with E-state index in [1.165, 1.54) is 11.1 Å². The first-order valence-electron chi connectivity index (χ1n) is 7.89. The summed E-state index contributed by atoms with van der Waals surface area (Å²) in [6, 6.07) is 12.1. The zero-order chi connectivity index (χ0) is 15.8. The van der Waals surface area contributed by atoms with Crippen LogP contribution in [0.1, 0.15) is 29.3 Å². The number of hydrogen-bond donors (Lipinski definition) is 0. The molecular formula is C19H18N2O2. The molecule has 4 rings (SSSR count). The first kappa shape index (κ1) is 14.0. The summed E-state index contributed by atoms with van der Waals surface area (Å²) < 4.78 is 11.5. The van der Waals surface area contributed by atoms with Crippen molar-refractivity contribution in [1.82, 2.24) is 9.97 Å². The highest BCUT2D eigenvalue weighted by Gasteiger charge is 2.09. The van der Waals surface area contributed by atoms with E-state index in [4.69, 9.17) is 8.83 Å². The Morgan fingerprint density at radius 2 is 1.22 bits per heavy atom. The maximum Gasteiger partial charge on any atom is 0.195 e. The third-order valence-corrected chi connectivity index (χ3v) is 3.96. The van der Waals surface area contributed by atoms with Crippen LogP contribution < -0.4 is 0 Å². The van der Waals surface area contributed by atoms with Crippen molar-refractivity contribution < 1.29 is 8.83 Å². The van der Waals surface area contributed by atoms with Gasteiger partial charge in [0.2, 0.25) is 0 Å². The van der Waals surface area contributed by atoms with Gasteiger partial charge in [-0.05, 0) is 55.7 Å². The Kier molecular flexibility index (Phi) is 3.37. The Morgan fingerprint density at radius 1 is 0.739 bits per heavy atom. The first-order chi connectivity index (χ1) is 11.2. The molecule has 0 atom stereocenters. The smallest absolute Gasteiger partial charge is 0.195 e. The molecule has 0 radical (unpaired) electrons. The van der Waals surface area contributed by atoms with Crippen LogP contribution in [0.15, 0.2) is 45.2 Å². The molecule has 0 saturated carbocycles. The van der Waals surface area contributed by atoms with Gasteiger partial charge in [0.25, 0.3) is 0 Å². The third kappa shape index (κ3) is 2.84. The Balaban J connectivity index is 1.45. The Bertz CT molecular complexity index is 902. The second kappa shape index (κ2) is 5.54. The summed E-state index contributed by atoms with van der Waals surface area (Å²) in [5.74, 6) is 1.55. The summed E-state index contributed by atoms with van der Waals surface area (Å²) in [5, 5.41) is 0. The van der Waals surface area contributed by atoms with Crippen LogP contribution in [0.5, 0.6) is 0 Å². The van der Waals surface area contributed by atoms with Crippen molar-refractivity contribution in [2.24, 2.45) is 0 Å². The van der Waals surface area contributed by atoms with Gasteiger partial charge in [-0.2, -0.15) is 0 Å². The van der Waals surface area contributed by atoms with Gasteiger partial charge in [0.15, 0.2) is 22.9 Å². The molecule has 0 spiro atoms. The van der Waals surface area contributed by atoms with Gasteiger partial charge in [-0.3, -0.25) is 0 Å². The van der Waals surface area contributed by atoms with Gasteiger partial charge in [0.05, 0.1) is 0 Å². The number of hydrogen-bond acceptors (Lipinski definition) is 4. The third-order valence-electron chi connectivity index (χ3n) is 3.96. The molecule has 4 nitrogen and oxygen atoms in total. The normalized spacial score (nSPS) is 11.6. The van der Waals surface area contributed by atoms with Crippen LogP contribution in [0, 0.1) is 13.8 Å². The molecule has 2 heterocycles. The second-order valence-electron chi connectivity index (χ2n) is 6.01. The molecule has 0 aliphatic carbocycles. The highest BCUT2D eigenvalue weighted by Crippen LogP contribution is 2.20. The number of rotatable bonds is 4. The molecule has 0 unspecified atom stereocenters. The quantitative estimate of drug-likeness (QED) is 0.545. The van der Waals surface area contributed by atoms with Crippen molar-refractivity contribution in [3.8, 4) is 0 Å². The first-order valence-corrected chi connectivity index (χ1v) is 7.89. The van der Waals surface area contributed by atoms with Crippen LogP contribution in [0.25, 0.3) is 22.2 Å². The molecule has 2 aromatic heterocycles. The molecule has 116 valence electrons. The van der Waals surface area contributed by atoms with Crippen LogP contribution in [0.2, 0.25) is 0 Å². The van der Waals surface area contributed by atoms with Gasteiger partial charge in [-0.1, -0.05) is 12.1 Å². The molecular weight excluding hydrogens is 288 g/mol. The molecule has 0 aliphatic rings. The minimum atomic E-state index is 0.776. The van der Waals surface area contributed by atoms with Gasteiger partial charge in [0.1, 0.15) is 11.0 Å².